The lowest BCUT2D eigenvalue weighted by molar-refractivity contribution is -0.119. The van der Waals surface area contributed by atoms with Crippen LogP contribution in [0.1, 0.15) is 57.4 Å². The number of hydrogen-bond acceptors (Lipinski definition) is 5. The number of unbranched alkanes of at least 4 members (excludes halogenated alkanes) is 1. The Morgan fingerprint density at radius 2 is 1.67 bits per heavy atom. The minimum Gasteiger partial charge on any atom is -0.494 e. The second-order valence-corrected chi connectivity index (χ2v) is 9.38. The van der Waals surface area contributed by atoms with Gasteiger partial charge in [0.1, 0.15) is 23.8 Å². The maximum atomic E-state index is 14.9. The molecule has 0 amide bonds. The number of ether oxygens (including phenoxy) is 2. The number of carbonyl (C=O) groups is 1. The van der Waals surface area contributed by atoms with Gasteiger partial charge in [-0.3, -0.25) is 0 Å². The van der Waals surface area contributed by atoms with Gasteiger partial charge in [0.15, 0.2) is 0 Å². The van der Waals surface area contributed by atoms with E-state index in [0.29, 0.717) is 24.9 Å². The van der Waals surface area contributed by atoms with Crippen molar-refractivity contribution in [2.24, 2.45) is 5.92 Å². The van der Waals surface area contributed by atoms with Crippen molar-refractivity contribution in [3.05, 3.63) is 54.1 Å². The fourth-order valence-corrected chi connectivity index (χ4v) is 4.52. The summed E-state index contributed by atoms with van der Waals surface area (Å²) >= 11 is 1.00. The molecule has 4 nitrogen and oxygen atoms in total. The van der Waals surface area contributed by atoms with Crippen molar-refractivity contribution in [2.75, 3.05) is 13.2 Å². The van der Waals surface area contributed by atoms with E-state index in [4.69, 9.17) is 9.47 Å². The molecule has 0 aliphatic heterocycles. The lowest BCUT2D eigenvalue weighted by Gasteiger charge is -2.24. The number of carbonyl (C=O) groups excluding carboxylic acids is 1. The average Bonchev–Trinajstić information content (AvgIpc) is 2.85. The maximum Gasteiger partial charge on any atom is 0.295 e. The number of benzene rings is 2. The predicted molar refractivity (Wildman–Crippen MR) is 128 cm³/mol. The third kappa shape index (κ3) is 7.71. The van der Waals surface area contributed by atoms with E-state index >= 15 is 0 Å². The summed E-state index contributed by atoms with van der Waals surface area (Å²) in [6.45, 7) is 3.32. The van der Waals surface area contributed by atoms with Gasteiger partial charge < -0.3 is 14.3 Å². The van der Waals surface area contributed by atoms with Crippen LogP contribution < -0.4 is 14.2 Å². The van der Waals surface area contributed by atoms with Crippen molar-refractivity contribution in [1.82, 2.24) is 4.72 Å². The number of alkyl halides is 2. The lowest BCUT2D eigenvalue weighted by atomic mass is 9.90. The van der Waals surface area contributed by atoms with Crippen LogP contribution in [0.2, 0.25) is 0 Å². The molecule has 0 radical (unpaired) electrons. The van der Waals surface area contributed by atoms with E-state index in [1.165, 1.54) is 56.4 Å². The average molecular weight is 478 g/mol. The smallest absolute Gasteiger partial charge is 0.295 e. The monoisotopic (exact) mass is 477 g/mol. The molecule has 1 aliphatic carbocycles. The summed E-state index contributed by atoms with van der Waals surface area (Å²) in [7, 11) is 0. The second-order valence-electron chi connectivity index (χ2n) is 8.47. The van der Waals surface area contributed by atoms with E-state index in [1.54, 1.807) is 12.1 Å². The van der Waals surface area contributed by atoms with Crippen LogP contribution in [-0.4, -0.2) is 25.5 Å². The largest absolute Gasteiger partial charge is 0.494 e. The summed E-state index contributed by atoms with van der Waals surface area (Å²) in [5.74, 6) is -1.44. The first-order chi connectivity index (χ1) is 16.0. The molecule has 0 saturated heterocycles. The Hall–Kier alpha value is -2.12. The van der Waals surface area contributed by atoms with E-state index in [2.05, 4.69) is 11.6 Å². The van der Waals surface area contributed by atoms with Crippen molar-refractivity contribution in [3.63, 3.8) is 0 Å². The molecule has 7 heteroatoms. The second kappa shape index (κ2) is 12.9. The summed E-state index contributed by atoms with van der Waals surface area (Å²) in [5.41, 5.74) is -0.234. The van der Waals surface area contributed by atoms with Crippen LogP contribution in [0, 0.1) is 5.92 Å². The standard InChI is InChI=1S/C26H33F2NO3S/c1-2-3-17-31-22-11-9-21(10-12-22)26(27,28)25(18-30)29-33-24-15-13-23(14-16-24)32-19-20-7-5-4-6-8-20/h9-16,18,20,25,29H,2-8,17,19H2,1H3. The topological polar surface area (TPSA) is 47.6 Å². The van der Waals surface area contributed by atoms with Crippen molar-refractivity contribution < 1.29 is 23.0 Å². The third-order valence-corrected chi connectivity index (χ3v) is 6.75. The third-order valence-electron chi connectivity index (χ3n) is 5.87. The first-order valence-corrected chi connectivity index (χ1v) is 12.6. The molecule has 1 unspecified atom stereocenters. The first-order valence-electron chi connectivity index (χ1n) is 11.7. The summed E-state index contributed by atoms with van der Waals surface area (Å²) < 4.78 is 43.9. The zero-order valence-electron chi connectivity index (χ0n) is 19.1. The zero-order chi connectivity index (χ0) is 23.5. The quantitative estimate of drug-likeness (QED) is 0.196. The maximum absolute atomic E-state index is 14.9. The van der Waals surface area contributed by atoms with Gasteiger partial charge in [-0.25, -0.2) is 4.72 Å². The SMILES string of the molecule is CCCCOc1ccc(C(F)(F)C(C=O)NSc2ccc(OCC3CCCCC3)cc2)cc1. The van der Waals surface area contributed by atoms with E-state index in [9.17, 15) is 13.6 Å². The van der Waals surface area contributed by atoms with Crippen LogP contribution in [-0.2, 0) is 10.7 Å². The molecule has 33 heavy (non-hydrogen) atoms. The summed E-state index contributed by atoms with van der Waals surface area (Å²) in [6, 6.07) is 11.2. The van der Waals surface area contributed by atoms with Crippen LogP contribution in [0.3, 0.4) is 0 Å². The van der Waals surface area contributed by atoms with Crippen LogP contribution >= 0.6 is 11.9 Å². The van der Waals surface area contributed by atoms with Gasteiger partial charge in [-0.2, -0.15) is 8.78 Å². The Morgan fingerprint density at radius 3 is 2.30 bits per heavy atom. The molecular weight excluding hydrogens is 444 g/mol. The van der Waals surface area contributed by atoms with Crippen LogP contribution in [0.25, 0.3) is 0 Å². The number of rotatable bonds is 13. The van der Waals surface area contributed by atoms with Gasteiger partial charge in [0, 0.05) is 10.5 Å². The number of aldehydes is 1. The highest BCUT2D eigenvalue weighted by molar-refractivity contribution is 7.97. The highest BCUT2D eigenvalue weighted by Gasteiger charge is 2.41. The lowest BCUT2D eigenvalue weighted by Crippen LogP contribution is -2.41. The summed E-state index contributed by atoms with van der Waals surface area (Å²) in [6.07, 6.45) is 8.44. The van der Waals surface area contributed by atoms with Crippen molar-refractivity contribution in [2.45, 2.75) is 68.7 Å². The van der Waals surface area contributed by atoms with Crippen molar-refractivity contribution in [3.8, 4) is 11.5 Å². The van der Waals surface area contributed by atoms with Gasteiger partial charge in [0.25, 0.3) is 5.92 Å². The molecule has 2 aromatic carbocycles. The fraction of sp³-hybridized carbons (Fsp3) is 0.500. The predicted octanol–water partition coefficient (Wildman–Crippen LogP) is 6.78. The van der Waals surface area contributed by atoms with E-state index in [0.717, 1.165) is 35.4 Å². The molecule has 180 valence electrons. The van der Waals surface area contributed by atoms with E-state index < -0.39 is 12.0 Å². The minimum absolute atomic E-state index is 0.234. The van der Waals surface area contributed by atoms with Crippen LogP contribution in [0.5, 0.6) is 11.5 Å². The van der Waals surface area contributed by atoms with Crippen molar-refractivity contribution in [1.29, 1.82) is 0 Å². The molecule has 0 heterocycles. The molecule has 1 saturated carbocycles. The van der Waals surface area contributed by atoms with E-state index in [1.807, 2.05) is 12.1 Å². The zero-order valence-corrected chi connectivity index (χ0v) is 19.9. The van der Waals surface area contributed by atoms with Crippen LogP contribution in [0.15, 0.2) is 53.4 Å². The highest BCUT2D eigenvalue weighted by atomic mass is 32.2. The fourth-order valence-electron chi connectivity index (χ4n) is 3.78. The van der Waals surface area contributed by atoms with Gasteiger partial charge in [0.2, 0.25) is 0 Å². The molecule has 2 aromatic rings. The van der Waals surface area contributed by atoms with Gasteiger partial charge in [0.05, 0.1) is 13.2 Å². The minimum atomic E-state index is -3.36. The molecule has 0 aromatic heterocycles. The Labute approximate surface area is 199 Å². The molecule has 1 fully saturated rings. The van der Waals surface area contributed by atoms with Gasteiger partial charge in [-0.15, -0.1) is 0 Å². The molecule has 1 atom stereocenters. The Bertz CT molecular complexity index is 840. The molecule has 1 aliphatic rings. The first kappa shape index (κ1) is 25.5. The molecule has 0 bridgehead atoms. The number of hydrogen-bond donors (Lipinski definition) is 1. The number of nitrogens with one attached hydrogen (secondary N) is 1. The van der Waals surface area contributed by atoms with Crippen LogP contribution in [0.4, 0.5) is 8.78 Å². The molecule has 0 spiro atoms. The van der Waals surface area contributed by atoms with Gasteiger partial charge in [-0.1, -0.05) is 32.6 Å². The van der Waals surface area contributed by atoms with Gasteiger partial charge >= 0.3 is 0 Å². The Kier molecular flexibility index (Phi) is 10.0. The molecule has 1 N–H and O–H groups in total. The highest BCUT2D eigenvalue weighted by Crippen LogP contribution is 2.34. The molecular formula is C26H33F2NO3S. The van der Waals surface area contributed by atoms with Gasteiger partial charge in [-0.05, 0) is 85.7 Å². The van der Waals surface area contributed by atoms with Crippen molar-refractivity contribution >= 4 is 18.2 Å². The summed E-state index contributed by atoms with van der Waals surface area (Å²) in [5, 5.41) is 0. The summed E-state index contributed by atoms with van der Waals surface area (Å²) in [4.78, 5) is 12.2. The number of halogens is 2. The van der Waals surface area contributed by atoms with E-state index in [-0.39, 0.29) is 11.8 Å². The normalized spacial score (nSPS) is 15.7. The molecule has 3 rings (SSSR count). The Morgan fingerprint density at radius 1 is 1.03 bits per heavy atom. The Balaban J connectivity index is 1.51.